The summed E-state index contributed by atoms with van der Waals surface area (Å²) in [5.41, 5.74) is 0.719. The van der Waals surface area contributed by atoms with Gasteiger partial charge in [-0.3, -0.25) is 9.11 Å². The molecule has 2 aliphatic carbocycles. The highest BCUT2D eigenvalue weighted by atomic mass is 35.5. The molecule has 2 unspecified atom stereocenters. The molecule has 0 saturated heterocycles. The van der Waals surface area contributed by atoms with Gasteiger partial charge in [0.05, 0.1) is 56.0 Å². The lowest BCUT2D eigenvalue weighted by Crippen LogP contribution is -2.23. The van der Waals surface area contributed by atoms with Gasteiger partial charge in [-0.15, -0.1) is 22.7 Å². The Hall–Kier alpha value is -3.18. The maximum absolute atomic E-state index is 15.0. The van der Waals surface area contributed by atoms with Crippen LogP contribution in [0.1, 0.15) is 76.2 Å². The number of hydrogen-bond acceptors (Lipinski definition) is 8. The normalized spacial score (nSPS) is 14.9. The average molecular weight is 1010 g/mol. The molecule has 61 heavy (non-hydrogen) atoms. The summed E-state index contributed by atoms with van der Waals surface area (Å²) in [5, 5.41) is 9.29. The predicted octanol–water partition coefficient (Wildman–Crippen LogP) is 12.4. The van der Waals surface area contributed by atoms with Crippen LogP contribution >= 0.6 is 69.1 Å². The van der Waals surface area contributed by atoms with Crippen molar-refractivity contribution in [3.63, 3.8) is 0 Å². The lowest BCUT2D eigenvalue weighted by molar-refractivity contribution is -0.153. The Morgan fingerprint density at radius 2 is 1.00 bits per heavy atom. The predicted molar refractivity (Wildman–Crippen MR) is 220 cm³/mol. The van der Waals surface area contributed by atoms with Crippen molar-refractivity contribution in [3.8, 4) is 33.9 Å². The molecule has 0 bridgehead atoms. The minimum atomic E-state index is -4.85. The first-order valence-electron chi connectivity index (χ1n) is 17.9. The minimum absolute atomic E-state index is 0.0380. The second-order valence-corrected chi connectivity index (χ2v) is 21.6. The maximum atomic E-state index is 15.0. The fourth-order valence-corrected chi connectivity index (χ4v) is 12.6. The largest absolute Gasteiger partial charge is 0.397 e. The van der Waals surface area contributed by atoms with Crippen molar-refractivity contribution in [3.05, 3.63) is 101 Å². The summed E-state index contributed by atoms with van der Waals surface area (Å²) >= 11 is 26.5. The van der Waals surface area contributed by atoms with Crippen molar-refractivity contribution >= 4 is 89.3 Å². The number of hydrogen-bond donors (Lipinski definition) is 2. The summed E-state index contributed by atoms with van der Waals surface area (Å²) in [6.07, 6.45) is -11.4. The van der Waals surface area contributed by atoms with E-state index in [0.29, 0.717) is 32.4 Å². The van der Waals surface area contributed by atoms with Crippen LogP contribution in [-0.4, -0.2) is 57.9 Å². The molecule has 6 aromatic rings. The van der Waals surface area contributed by atoms with E-state index in [2.05, 4.69) is 10.2 Å². The Morgan fingerprint density at radius 3 is 1.33 bits per heavy atom. The molecule has 2 N–H and O–H groups in total. The zero-order valence-corrected chi connectivity index (χ0v) is 36.7. The molecule has 10 nitrogen and oxygen atoms in total. The van der Waals surface area contributed by atoms with E-state index in [1.807, 2.05) is 0 Å². The van der Waals surface area contributed by atoms with Crippen molar-refractivity contribution in [1.29, 1.82) is 0 Å². The molecule has 0 fully saturated rings. The number of halogens is 10. The third-order valence-corrected chi connectivity index (χ3v) is 16.5. The zero-order valence-electron chi connectivity index (χ0n) is 30.5. The number of fused-ring (bicyclic) bond motifs is 6. The van der Waals surface area contributed by atoms with Gasteiger partial charge < -0.3 is 0 Å². The standard InChI is InChI=1S/C37H26Cl4F6N4O6S4/c38-16-6-8-26(24(40)10-16)50-34-18-14-30(60(52,53)54)58-28(18)12-20(34)32(48-50)22(36(42,43)44)4-2-1-3-5-23(37(45,46)47)33-21-13-29-19(15-31(59-29)61(55,56)57)35(21)51(49-33)27-9-7-17(39)11-25(27)41/h6-11,14-15,22-23H,1-5,12-13H2,(H,52,53,54)(H,55,56,57). The van der Waals surface area contributed by atoms with Gasteiger partial charge in [-0.1, -0.05) is 65.7 Å². The van der Waals surface area contributed by atoms with Crippen LogP contribution in [0.3, 0.4) is 0 Å². The Kier molecular flexibility index (Phi) is 11.5. The quantitative estimate of drug-likeness (QED) is 0.0699. The summed E-state index contributed by atoms with van der Waals surface area (Å²) in [6.45, 7) is 0. The second-order valence-electron chi connectivity index (χ2n) is 14.4. The van der Waals surface area contributed by atoms with E-state index in [1.165, 1.54) is 45.8 Å². The van der Waals surface area contributed by atoms with Crippen molar-refractivity contribution < 1.29 is 52.3 Å². The molecule has 8 rings (SSSR count). The van der Waals surface area contributed by atoms with Gasteiger partial charge in [-0.05, 0) is 61.4 Å². The van der Waals surface area contributed by atoms with Crippen molar-refractivity contribution in [2.45, 2.75) is 77.6 Å². The minimum Gasteiger partial charge on any atom is -0.281 e. The summed E-state index contributed by atoms with van der Waals surface area (Å²) in [4.78, 5) is 0.751. The summed E-state index contributed by atoms with van der Waals surface area (Å²) < 4.78 is 159. The molecule has 0 spiro atoms. The number of benzene rings is 2. The van der Waals surface area contributed by atoms with Gasteiger partial charge in [0.15, 0.2) is 0 Å². The van der Waals surface area contributed by atoms with Gasteiger partial charge in [-0.2, -0.15) is 53.4 Å². The molecule has 0 aliphatic heterocycles. The van der Waals surface area contributed by atoms with Gasteiger partial charge >= 0.3 is 32.6 Å². The summed E-state index contributed by atoms with van der Waals surface area (Å²) in [6, 6.07) is 10.8. The van der Waals surface area contributed by atoms with Crippen LogP contribution in [0.4, 0.5) is 26.3 Å². The third kappa shape index (κ3) is 8.37. The van der Waals surface area contributed by atoms with Gasteiger partial charge in [0, 0.05) is 54.9 Å². The Labute approximate surface area is 371 Å². The van der Waals surface area contributed by atoms with E-state index < -0.39 is 65.7 Å². The Balaban J connectivity index is 1.08. The fraction of sp³-hybridized carbons (Fsp3) is 0.297. The highest BCUT2D eigenvalue weighted by Crippen LogP contribution is 2.52. The SMILES string of the molecule is O=S(=O)(O)c1cc2c(s1)Cc1c(C(CCCCCC(c3nn(-c4ccc(Cl)cc4Cl)c4c3Cc3sc(S(=O)(=O)O)cc3-4)C(F)(F)F)C(F)(F)F)nn(-c3ccc(Cl)cc3Cl)c1-2. The maximum Gasteiger partial charge on any atom is 0.397 e. The zero-order chi connectivity index (χ0) is 44.1. The van der Waals surface area contributed by atoms with Crippen LogP contribution in [0.15, 0.2) is 56.9 Å². The van der Waals surface area contributed by atoms with Crippen molar-refractivity contribution in [1.82, 2.24) is 19.6 Å². The van der Waals surface area contributed by atoms with E-state index >= 15 is 0 Å². The topological polar surface area (TPSA) is 144 Å². The van der Waals surface area contributed by atoms with E-state index in [1.54, 1.807) is 0 Å². The molecule has 4 heterocycles. The number of alkyl halides is 6. The molecule has 0 radical (unpaired) electrons. The number of nitrogens with zero attached hydrogens (tertiary/aromatic N) is 4. The third-order valence-electron chi connectivity index (χ3n) is 10.5. The lowest BCUT2D eigenvalue weighted by atomic mass is 9.91. The first-order valence-corrected chi connectivity index (χ1v) is 23.9. The molecular weight excluding hydrogens is 980 g/mol. The van der Waals surface area contributed by atoms with Crippen LogP contribution in [0.25, 0.3) is 33.9 Å². The fourth-order valence-electron chi connectivity index (χ4n) is 7.88. The molecule has 0 saturated carbocycles. The van der Waals surface area contributed by atoms with Gasteiger partial charge in [0.1, 0.15) is 8.42 Å². The molecule has 324 valence electrons. The van der Waals surface area contributed by atoms with Crippen LogP contribution in [0.5, 0.6) is 0 Å². The number of thiophene rings is 2. The molecule has 0 amide bonds. The van der Waals surface area contributed by atoms with Crippen molar-refractivity contribution in [2.24, 2.45) is 0 Å². The van der Waals surface area contributed by atoms with Crippen LogP contribution in [0, 0.1) is 0 Å². The van der Waals surface area contributed by atoms with Crippen LogP contribution < -0.4 is 0 Å². The lowest BCUT2D eigenvalue weighted by Gasteiger charge is -2.21. The number of aromatic nitrogens is 4. The summed E-state index contributed by atoms with van der Waals surface area (Å²) in [7, 11) is -9.28. The summed E-state index contributed by atoms with van der Waals surface area (Å²) in [5.74, 6) is -4.34. The molecule has 2 aliphatic rings. The van der Waals surface area contributed by atoms with Crippen LogP contribution in [0.2, 0.25) is 20.1 Å². The monoisotopic (exact) mass is 1000 g/mol. The average Bonchev–Trinajstić information content (AvgIpc) is 3.95. The van der Waals surface area contributed by atoms with E-state index in [4.69, 9.17) is 46.4 Å². The van der Waals surface area contributed by atoms with Gasteiger partial charge in [-0.25, -0.2) is 9.36 Å². The number of unbranched alkanes of at least 4 members (excludes halogenated alkanes) is 2. The van der Waals surface area contributed by atoms with Gasteiger partial charge in [0.2, 0.25) is 0 Å². The van der Waals surface area contributed by atoms with E-state index in [9.17, 15) is 52.3 Å². The first kappa shape index (κ1) is 44.4. The molecule has 2 atom stereocenters. The van der Waals surface area contributed by atoms with E-state index in [0.717, 1.165) is 12.1 Å². The van der Waals surface area contributed by atoms with Crippen molar-refractivity contribution in [2.75, 3.05) is 0 Å². The highest BCUT2D eigenvalue weighted by molar-refractivity contribution is 7.88. The Bertz CT molecular complexity index is 2780. The molecule has 2 aromatic carbocycles. The number of rotatable bonds is 12. The Morgan fingerprint density at radius 1 is 0.623 bits per heavy atom. The highest BCUT2D eigenvalue weighted by Gasteiger charge is 2.47. The molecular formula is C37H26Cl4F6N4O6S4. The molecule has 24 heteroatoms. The molecule has 4 aromatic heterocycles. The smallest absolute Gasteiger partial charge is 0.281 e. The first-order chi connectivity index (χ1) is 28.4. The van der Waals surface area contributed by atoms with Gasteiger partial charge in [0.25, 0.3) is 0 Å². The second kappa shape index (κ2) is 15.8. The van der Waals surface area contributed by atoms with E-state index in [-0.39, 0.29) is 109 Å². The van der Waals surface area contributed by atoms with Crippen LogP contribution in [-0.2, 0) is 33.1 Å².